The molecule has 1 heterocycles. The van der Waals surface area contributed by atoms with E-state index in [1.165, 1.54) is 17.7 Å². The number of nitrogens with zero attached hydrogens (tertiary/aromatic N) is 4. The highest BCUT2D eigenvalue weighted by Gasteiger charge is 2.06. The second-order valence-corrected chi connectivity index (χ2v) is 5.75. The maximum atomic E-state index is 13.0. The largest absolute Gasteiger partial charge is 0.295 e. The lowest BCUT2D eigenvalue weighted by molar-refractivity contribution is 0.271. The summed E-state index contributed by atoms with van der Waals surface area (Å²) >= 11 is 0. The summed E-state index contributed by atoms with van der Waals surface area (Å²) < 4.78 is 13.0. The Hall–Kier alpha value is -2.60. The van der Waals surface area contributed by atoms with Crippen molar-refractivity contribution in [3.8, 4) is 0 Å². The van der Waals surface area contributed by atoms with Gasteiger partial charge in [-0.2, -0.15) is 5.21 Å². The Morgan fingerprint density at radius 3 is 2.04 bits per heavy atom. The van der Waals surface area contributed by atoms with Crippen LogP contribution in [0.1, 0.15) is 29.4 Å². The van der Waals surface area contributed by atoms with Crippen LogP contribution in [0.5, 0.6) is 0 Å². The van der Waals surface area contributed by atoms with Crippen molar-refractivity contribution in [2.75, 3.05) is 6.54 Å². The van der Waals surface area contributed by atoms with Crippen LogP contribution in [-0.4, -0.2) is 32.1 Å². The van der Waals surface area contributed by atoms with Crippen LogP contribution in [0.2, 0.25) is 0 Å². The number of benzene rings is 2. The molecule has 0 saturated carbocycles. The molecule has 5 nitrogen and oxygen atoms in total. The molecule has 1 N–H and O–H groups in total. The summed E-state index contributed by atoms with van der Waals surface area (Å²) in [4.78, 5) is 2.32. The van der Waals surface area contributed by atoms with Crippen molar-refractivity contribution in [3.05, 3.63) is 76.9 Å². The molecule has 0 spiro atoms. The molecule has 124 valence electrons. The molecule has 0 saturated heterocycles. The van der Waals surface area contributed by atoms with Gasteiger partial charge in [0.15, 0.2) is 5.82 Å². The zero-order valence-corrected chi connectivity index (χ0v) is 13.6. The SMILES string of the molecule is CCN(Cc1ccc(F)cc1)Cc1ccc(Cc2nn[nH]n2)cc1. The van der Waals surface area contributed by atoms with Gasteiger partial charge in [0.25, 0.3) is 0 Å². The second-order valence-electron chi connectivity index (χ2n) is 5.75. The maximum Gasteiger partial charge on any atom is 0.178 e. The minimum absolute atomic E-state index is 0.195. The Morgan fingerprint density at radius 1 is 0.917 bits per heavy atom. The summed E-state index contributed by atoms with van der Waals surface area (Å²) in [5.41, 5.74) is 3.52. The van der Waals surface area contributed by atoms with Crippen LogP contribution in [0, 0.1) is 5.82 Å². The van der Waals surface area contributed by atoms with E-state index in [1.807, 2.05) is 12.1 Å². The van der Waals surface area contributed by atoms with E-state index in [2.05, 4.69) is 56.7 Å². The predicted octanol–water partition coefficient (Wildman–Crippen LogP) is 2.95. The van der Waals surface area contributed by atoms with Crippen LogP contribution >= 0.6 is 0 Å². The smallest absolute Gasteiger partial charge is 0.178 e. The van der Waals surface area contributed by atoms with Crippen molar-refractivity contribution < 1.29 is 4.39 Å². The van der Waals surface area contributed by atoms with Crippen molar-refractivity contribution in [3.63, 3.8) is 0 Å². The summed E-state index contributed by atoms with van der Waals surface area (Å²) in [6.07, 6.45) is 0.670. The molecule has 1 aromatic heterocycles. The second kappa shape index (κ2) is 7.79. The quantitative estimate of drug-likeness (QED) is 0.725. The van der Waals surface area contributed by atoms with Crippen LogP contribution in [0.25, 0.3) is 0 Å². The highest BCUT2D eigenvalue weighted by molar-refractivity contribution is 5.25. The number of tetrazole rings is 1. The number of hydrogen-bond donors (Lipinski definition) is 1. The van der Waals surface area contributed by atoms with Gasteiger partial charge in [-0.15, -0.1) is 10.2 Å². The monoisotopic (exact) mass is 325 g/mol. The molecule has 0 atom stereocenters. The third-order valence-corrected chi connectivity index (χ3v) is 3.95. The average molecular weight is 325 g/mol. The molecule has 24 heavy (non-hydrogen) atoms. The molecule has 3 aromatic rings. The van der Waals surface area contributed by atoms with Crippen molar-refractivity contribution in [1.29, 1.82) is 0 Å². The van der Waals surface area contributed by atoms with Gasteiger partial charge in [0, 0.05) is 19.5 Å². The van der Waals surface area contributed by atoms with Crippen LogP contribution < -0.4 is 0 Å². The molecule has 3 rings (SSSR count). The van der Waals surface area contributed by atoms with Gasteiger partial charge >= 0.3 is 0 Å². The molecule has 2 aromatic carbocycles. The Kier molecular flexibility index (Phi) is 5.28. The van der Waals surface area contributed by atoms with Gasteiger partial charge < -0.3 is 0 Å². The third kappa shape index (κ3) is 4.45. The van der Waals surface area contributed by atoms with E-state index in [0.717, 1.165) is 30.8 Å². The average Bonchev–Trinajstić information content (AvgIpc) is 3.11. The van der Waals surface area contributed by atoms with Gasteiger partial charge in [-0.05, 0) is 35.4 Å². The molecule has 0 fully saturated rings. The molecule has 0 aliphatic rings. The van der Waals surface area contributed by atoms with Crippen molar-refractivity contribution in [1.82, 2.24) is 25.5 Å². The van der Waals surface area contributed by atoms with Crippen LogP contribution in [0.4, 0.5) is 4.39 Å². The van der Waals surface area contributed by atoms with Gasteiger partial charge in [-0.3, -0.25) is 4.90 Å². The molecule has 0 bridgehead atoms. The Balaban J connectivity index is 1.59. The first-order valence-corrected chi connectivity index (χ1v) is 8.00. The Bertz CT molecular complexity index is 738. The first kappa shape index (κ1) is 16.3. The number of aromatic nitrogens is 4. The summed E-state index contributed by atoms with van der Waals surface area (Å²) in [7, 11) is 0. The topological polar surface area (TPSA) is 57.7 Å². The molecular weight excluding hydrogens is 305 g/mol. The third-order valence-electron chi connectivity index (χ3n) is 3.95. The van der Waals surface area contributed by atoms with Crippen molar-refractivity contribution >= 4 is 0 Å². The lowest BCUT2D eigenvalue weighted by atomic mass is 10.1. The zero-order valence-electron chi connectivity index (χ0n) is 13.6. The Labute approximate surface area is 140 Å². The zero-order chi connectivity index (χ0) is 16.8. The van der Waals surface area contributed by atoms with Crippen molar-refractivity contribution in [2.45, 2.75) is 26.4 Å². The molecule has 0 amide bonds. The first-order valence-electron chi connectivity index (χ1n) is 8.00. The molecule has 0 aliphatic carbocycles. The van der Waals surface area contributed by atoms with E-state index in [4.69, 9.17) is 0 Å². The fraction of sp³-hybridized carbons (Fsp3) is 0.278. The van der Waals surface area contributed by atoms with Crippen LogP contribution in [0.3, 0.4) is 0 Å². The van der Waals surface area contributed by atoms with Gasteiger partial charge in [-0.1, -0.05) is 48.5 Å². The van der Waals surface area contributed by atoms with Crippen LogP contribution in [-0.2, 0) is 19.5 Å². The van der Waals surface area contributed by atoms with E-state index in [9.17, 15) is 4.39 Å². The van der Waals surface area contributed by atoms with Crippen LogP contribution in [0.15, 0.2) is 48.5 Å². The highest BCUT2D eigenvalue weighted by atomic mass is 19.1. The molecule has 0 aliphatic heterocycles. The maximum absolute atomic E-state index is 13.0. The number of halogens is 1. The lowest BCUT2D eigenvalue weighted by Gasteiger charge is -2.20. The number of nitrogens with one attached hydrogen (secondary N) is 1. The molecule has 6 heteroatoms. The first-order chi connectivity index (χ1) is 11.7. The van der Waals surface area contributed by atoms with E-state index in [-0.39, 0.29) is 5.82 Å². The number of aromatic amines is 1. The van der Waals surface area contributed by atoms with Gasteiger partial charge in [0.05, 0.1) is 0 Å². The van der Waals surface area contributed by atoms with Crippen molar-refractivity contribution in [2.24, 2.45) is 0 Å². The minimum Gasteiger partial charge on any atom is -0.295 e. The predicted molar refractivity (Wildman–Crippen MR) is 89.6 cm³/mol. The summed E-state index contributed by atoms with van der Waals surface area (Å²) in [6.45, 7) is 4.73. The van der Waals surface area contributed by atoms with Gasteiger partial charge in [-0.25, -0.2) is 4.39 Å². The normalized spacial score (nSPS) is 11.1. The number of H-pyrrole nitrogens is 1. The summed E-state index contributed by atoms with van der Waals surface area (Å²) in [5, 5.41) is 14.0. The minimum atomic E-state index is -0.195. The number of rotatable bonds is 7. The molecule has 0 unspecified atom stereocenters. The highest BCUT2D eigenvalue weighted by Crippen LogP contribution is 2.13. The van der Waals surface area contributed by atoms with E-state index >= 15 is 0 Å². The molecular formula is C18H20FN5. The van der Waals surface area contributed by atoms with E-state index in [1.54, 1.807) is 0 Å². The lowest BCUT2D eigenvalue weighted by Crippen LogP contribution is -2.22. The summed E-state index contributed by atoms with van der Waals surface area (Å²) in [5.74, 6) is 0.494. The van der Waals surface area contributed by atoms with Gasteiger partial charge in [0.2, 0.25) is 0 Å². The fourth-order valence-electron chi connectivity index (χ4n) is 2.59. The Morgan fingerprint density at radius 2 is 1.50 bits per heavy atom. The van der Waals surface area contributed by atoms with E-state index in [0.29, 0.717) is 12.2 Å². The number of hydrogen-bond acceptors (Lipinski definition) is 4. The standard InChI is InChI=1S/C18H20FN5/c1-2-24(13-16-7-9-17(19)10-8-16)12-15-5-3-14(4-6-15)11-18-20-22-23-21-18/h3-10H,2,11-13H2,1H3,(H,20,21,22,23). The fourth-order valence-corrected chi connectivity index (χ4v) is 2.59. The molecule has 0 radical (unpaired) electrons. The summed E-state index contributed by atoms with van der Waals surface area (Å²) in [6, 6.07) is 15.1. The van der Waals surface area contributed by atoms with Gasteiger partial charge in [0.1, 0.15) is 5.82 Å². The van der Waals surface area contributed by atoms with E-state index < -0.39 is 0 Å².